The van der Waals surface area contributed by atoms with Crippen molar-refractivity contribution in [3.63, 3.8) is 0 Å². The Morgan fingerprint density at radius 1 is 0.797 bits per heavy atom. The maximum absolute atomic E-state index is 13.7. The molecule has 16 nitrogen and oxygen atoms in total. The molecule has 3 heterocycles. The van der Waals surface area contributed by atoms with Gasteiger partial charge in [-0.2, -0.15) is 0 Å². The van der Waals surface area contributed by atoms with E-state index in [2.05, 4.69) is 16.0 Å². The zero-order chi connectivity index (χ0) is 42.4. The molecule has 0 saturated carbocycles. The average molecular weight is 822 g/mol. The molecule has 2 saturated heterocycles. The third kappa shape index (κ3) is 14.7. The molecule has 1 unspecified atom stereocenters. The zero-order valence-corrected chi connectivity index (χ0v) is 34.4. The molecule has 5 rings (SSSR count). The molecule has 2 atom stereocenters. The Labute approximate surface area is 345 Å². The van der Waals surface area contributed by atoms with Crippen LogP contribution in [0.5, 0.6) is 11.5 Å². The second-order valence-corrected chi connectivity index (χ2v) is 16.6. The van der Waals surface area contributed by atoms with E-state index in [1.807, 2.05) is 39.0 Å². The van der Waals surface area contributed by atoms with Gasteiger partial charge in [0.15, 0.2) is 11.5 Å². The van der Waals surface area contributed by atoms with E-state index >= 15 is 0 Å². The summed E-state index contributed by atoms with van der Waals surface area (Å²) >= 11 is 0. The van der Waals surface area contributed by atoms with E-state index < -0.39 is 54.4 Å². The van der Waals surface area contributed by atoms with Crippen LogP contribution in [0.3, 0.4) is 0 Å². The first kappa shape index (κ1) is 44.6. The van der Waals surface area contributed by atoms with Gasteiger partial charge in [0.25, 0.3) is 0 Å². The van der Waals surface area contributed by atoms with Crippen LogP contribution in [0.4, 0.5) is 9.59 Å². The second-order valence-electron chi connectivity index (χ2n) is 16.6. The van der Waals surface area contributed by atoms with Gasteiger partial charge in [0, 0.05) is 38.6 Å². The second kappa shape index (κ2) is 21.5. The van der Waals surface area contributed by atoms with E-state index in [1.54, 1.807) is 35.2 Å². The lowest BCUT2D eigenvalue weighted by atomic mass is 9.84. The summed E-state index contributed by atoms with van der Waals surface area (Å²) in [5.74, 6) is -0.907. The minimum Gasteiger partial charge on any atom is -0.465 e. The van der Waals surface area contributed by atoms with Crippen LogP contribution in [0.25, 0.3) is 0 Å². The molecule has 3 aliphatic heterocycles. The minimum absolute atomic E-state index is 0.00186. The lowest BCUT2D eigenvalue weighted by Gasteiger charge is -2.34. The number of rotatable bonds is 17. The number of nitrogens with one attached hydrogen (secondary N) is 3. The van der Waals surface area contributed by atoms with Gasteiger partial charge in [0.05, 0.1) is 13.0 Å². The SMILES string of the molecule is CC(C)(C)OC(=O)N1CCC(CCC(CCC2CCN(C(=O)O)CC2)C(=O)NCC(=O)N[C@@H](CC(=O)OCc2ccccc2)C(=O)NCc2ccc3c(c2)OCO3)CC1. The Morgan fingerprint density at radius 3 is 2.05 bits per heavy atom. The first-order valence-corrected chi connectivity index (χ1v) is 20.6. The topological polar surface area (TPSA) is 202 Å². The van der Waals surface area contributed by atoms with Gasteiger partial charge in [0.2, 0.25) is 24.5 Å². The molecular formula is C43H59N5O11. The lowest BCUT2D eigenvalue weighted by Crippen LogP contribution is -2.50. The number of amides is 5. The standard InChI is InChI=1S/C43H59N5O11/c1-43(2,3)59-42(55)48-21-17-30(18-22-48)10-13-33(12-9-29-15-19-47(20-16-29)41(53)54)39(51)45-26-37(49)46-34(24-38(50)56-27-31-7-5-4-6-8-31)40(52)44-25-32-11-14-35-36(23-32)58-28-57-35/h4-8,11,14,23,29-30,33-34H,9-10,12-13,15-22,24-28H2,1-3H3,(H,44,52)(H,45,51)(H,46,49)(H,53,54)/t33?,34-/m0/s1. The fourth-order valence-corrected chi connectivity index (χ4v) is 7.52. The highest BCUT2D eigenvalue weighted by Crippen LogP contribution is 2.33. The zero-order valence-electron chi connectivity index (χ0n) is 34.4. The number of nitrogens with zero attached hydrogens (tertiary/aromatic N) is 2. The van der Waals surface area contributed by atoms with Crippen LogP contribution in [0.1, 0.15) is 89.7 Å². The monoisotopic (exact) mass is 821 g/mol. The number of carbonyl (C=O) groups is 6. The number of hydrogen-bond acceptors (Lipinski definition) is 10. The molecule has 4 N–H and O–H groups in total. The number of carbonyl (C=O) groups excluding carboxylic acids is 5. The van der Waals surface area contributed by atoms with E-state index in [4.69, 9.17) is 18.9 Å². The number of piperidine rings is 2. The van der Waals surface area contributed by atoms with Crippen molar-refractivity contribution in [1.29, 1.82) is 0 Å². The van der Waals surface area contributed by atoms with Crippen LogP contribution < -0.4 is 25.4 Å². The molecule has 322 valence electrons. The summed E-state index contributed by atoms with van der Waals surface area (Å²) in [5.41, 5.74) is 0.911. The number of hydrogen-bond donors (Lipinski definition) is 4. The summed E-state index contributed by atoms with van der Waals surface area (Å²) in [6.07, 6.45) is 3.98. The van der Waals surface area contributed by atoms with Crippen molar-refractivity contribution in [3.8, 4) is 11.5 Å². The number of ether oxygens (including phenoxy) is 4. The summed E-state index contributed by atoms with van der Waals surface area (Å²) in [5, 5.41) is 17.5. The van der Waals surface area contributed by atoms with Crippen molar-refractivity contribution in [1.82, 2.24) is 25.8 Å². The van der Waals surface area contributed by atoms with Crippen molar-refractivity contribution >= 4 is 35.9 Å². The first-order valence-electron chi connectivity index (χ1n) is 20.6. The Morgan fingerprint density at radius 2 is 1.42 bits per heavy atom. The molecule has 0 aromatic heterocycles. The molecule has 2 aromatic carbocycles. The maximum Gasteiger partial charge on any atom is 0.410 e. The summed E-state index contributed by atoms with van der Waals surface area (Å²) in [6.45, 7) is 7.36. The van der Waals surface area contributed by atoms with Gasteiger partial charge in [-0.3, -0.25) is 19.2 Å². The molecule has 0 radical (unpaired) electrons. The van der Waals surface area contributed by atoms with Crippen molar-refractivity contribution < 1.29 is 52.8 Å². The van der Waals surface area contributed by atoms with Gasteiger partial charge in [-0.1, -0.05) is 36.4 Å². The van der Waals surface area contributed by atoms with E-state index in [1.165, 1.54) is 4.90 Å². The van der Waals surface area contributed by atoms with Crippen LogP contribution in [-0.2, 0) is 41.8 Å². The smallest absolute Gasteiger partial charge is 0.410 e. The molecule has 3 aliphatic rings. The van der Waals surface area contributed by atoms with Crippen molar-refractivity contribution in [3.05, 3.63) is 59.7 Å². The van der Waals surface area contributed by atoms with E-state index in [0.717, 1.165) is 49.7 Å². The van der Waals surface area contributed by atoms with E-state index in [-0.39, 0.29) is 37.9 Å². The molecule has 16 heteroatoms. The quantitative estimate of drug-likeness (QED) is 0.157. The Hall–Kier alpha value is -5.54. The summed E-state index contributed by atoms with van der Waals surface area (Å²) in [6, 6.07) is 13.0. The van der Waals surface area contributed by atoms with E-state index in [9.17, 15) is 33.9 Å². The predicted octanol–water partition coefficient (Wildman–Crippen LogP) is 4.98. The maximum atomic E-state index is 13.7. The van der Waals surface area contributed by atoms with Crippen molar-refractivity contribution in [2.45, 2.75) is 103 Å². The fraction of sp³-hybridized carbons (Fsp3) is 0.581. The number of carboxylic acid groups (broad SMARTS) is 1. The van der Waals surface area contributed by atoms with Crippen molar-refractivity contribution in [2.24, 2.45) is 17.8 Å². The highest BCUT2D eigenvalue weighted by atomic mass is 16.7. The first-order chi connectivity index (χ1) is 28.2. The molecule has 2 aromatic rings. The highest BCUT2D eigenvalue weighted by molar-refractivity contribution is 5.92. The van der Waals surface area contributed by atoms with Gasteiger partial charge in [-0.25, -0.2) is 9.59 Å². The average Bonchev–Trinajstić information content (AvgIpc) is 3.69. The van der Waals surface area contributed by atoms with Gasteiger partial charge < -0.3 is 49.8 Å². The number of benzene rings is 2. The molecule has 0 aliphatic carbocycles. The fourth-order valence-electron chi connectivity index (χ4n) is 7.52. The largest absolute Gasteiger partial charge is 0.465 e. The number of likely N-dealkylation sites (tertiary alicyclic amines) is 2. The van der Waals surface area contributed by atoms with Crippen LogP contribution in [0, 0.1) is 17.8 Å². The molecule has 2 fully saturated rings. The Kier molecular flexibility index (Phi) is 16.2. The van der Waals surface area contributed by atoms with Crippen LogP contribution in [0.15, 0.2) is 48.5 Å². The van der Waals surface area contributed by atoms with Gasteiger partial charge in [-0.15, -0.1) is 0 Å². The third-order valence-electron chi connectivity index (χ3n) is 11.0. The summed E-state index contributed by atoms with van der Waals surface area (Å²) in [7, 11) is 0. The van der Waals surface area contributed by atoms with E-state index in [0.29, 0.717) is 56.4 Å². The van der Waals surface area contributed by atoms with Crippen LogP contribution in [0.2, 0.25) is 0 Å². The van der Waals surface area contributed by atoms with Crippen LogP contribution >= 0.6 is 0 Å². The third-order valence-corrected chi connectivity index (χ3v) is 11.0. The molecule has 59 heavy (non-hydrogen) atoms. The number of fused-ring (bicyclic) bond motifs is 1. The Balaban J connectivity index is 1.16. The Bertz CT molecular complexity index is 1750. The van der Waals surface area contributed by atoms with Crippen molar-refractivity contribution in [2.75, 3.05) is 39.5 Å². The van der Waals surface area contributed by atoms with Gasteiger partial charge in [-0.05, 0) is 107 Å². The summed E-state index contributed by atoms with van der Waals surface area (Å²) < 4.78 is 21.7. The van der Waals surface area contributed by atoms with Gasteiger partial charge >= 0.3 is 18.2 Å². The summed E-state index contributed by atoms with van der Waals surface area (Å²) in [4.78, 5) is 80.6. The molecular weight excluding hydrogens is 762 g/mol. The molecule has 0 spiro atoms. The van der Waals surface area contributed by atoms with Crippen LogP contribution in [-0.4, -0.2) is 102 Å². The predicted molar refractivity (Wildman–Crippen MR) is 215 cm³/mol. The molecule has 0 bridgehead atoms. The minimum atomic E-state index is -1.28. The normalized spacial score (nSPS) is 16.7. The lowest BCUT2D eigenvalue weighted by molar-refractivity contribution is -0.147. The number of esters is 1. The van der Waals surface area contributed by atoms with Gasteiger partial charge in [0.1, 0.15) is 18.2 Å². The highest BCUT2D eigenvalue weighted by Gasteiger charge is 2.30. The molecule has 5 amide bonds.